The first-order chi connectivity index (χ1) is 11.0. The maximum atomic E-state index is 11.8. The SMILES string of the molecule is CC(C)OC(=O)c1ccc(Oc2c(C#N)cccc2C#N)cc1. The molecule has 5 heteroatoms. The molecule has 0 radical (unpaired) electrons. The van der Waals surface area contributed by atoms with E-state index in [1.54, 1.807) is 56.3 Å². The quantitative estimate of drug-likeness (QED) is 0.802. The Labute approximate surface area is 134 Å². The minimum absolute atomic E-state index is 0.195. The standard InChI is InChI=1S/C18H14N2O3/c1-12(2)22-18(21)13-6-8-16(9-7-13)23-17-14(10-19)4-3-5-15(17)11-20/h3-9,12H,1-2H3. The van der Waals surface area contributed by atoms with E-state index < -0.39 is 5.97 Å². The lowest BCUT2D eigenvalue weighted by Gasteiger charge is -2.10. The third kappa shape index (κ3) is 3.87. The molecule has 2 rings (SSSR count). The van der Waals surface area contributed by atoms with Gasteiger partial charge in [0.05, 0.1) is 22.8 Å². The Morgan fingerprint density at radius 2 is 1.57 bits per heavy atom. The molecule has 2 aromatic carbocycles. The third-order valence-corrected chi connectivity index (χ3v) is 2.91. The predicted molar refractivity (Wildman–Crippen MR) is 82.9 cm³/mol. The number of hydrogen-bond donors (Lipinski definition) is 0. The predicted octanol–water partition coefficient (Wildman–Crippen LogP) is 3.79. The molecule has 0 saturated carbocycles. The number of carbonyl (C=O) groups excluding carboxylic acids is 1. The molecule has 0 aliphatic heterocycles. The molecule has 0 atom stereocenters. The zero-order valence-electron chi connectivity index (χ0n) is 12.7. The van der Waals surface area contributed by atoms with Crippen molar-refractivity contribution in [3.63, 3.8) is 0 Å². The van der Waals surface area contributed by atoms with E-state index >= 15 is 0 Å². The molecule has 2 aromatic rings. The Balaban J connectivity index is 2.25. The molecule has 0 N–H and O–H groups in total. The number of para-hydroxylation sites is 1. The van der Waals surface area contributed by atoms with Crippen LogP contribution >= 0.6 is 0 Å². The average Bonchev–Trinajstić information content (AvgIpc) is 2.55. The molecule has 0 bridgehead atoms. The van der Waals surface area contributed by atoms with E-state index in [9.17, 15) is 4.79 Å². The number of rotatable bonds is 4. The largest absolute Gasteiger partial charge is 0.459 e. The molecule has 0 aliphatic carbocycles. The van der Waals surface area contributed by atoms with Gasteiger partial charge in [-0.25, -0.2) is 4.79 Å². The number of nitriles is 2. The minimum atomic E-state index is -0.415. The molecule has 0 amide bonds. The van der Waals surface area contributed by atoms with Crippen molar-refractivity contribution in [3.8, 4) is 23.6 Å². The van der Waals surface area contributed by atoms with Gasteiger partial charge in [0.15, 0.2) is 5.75 Å². The van der Waals surface area contributed by atoms with Gasteiger partial charge < -0.3 is 9.47 Å². The Hall–Kier alpha value is -3.31. The van der Waals surface area contributed by atoms with Gasteiger partial charge in [-0.2, -0.15) is 10.5 Å². The highest BCUT2D eigenvalue weighted by molar-refractivity contribution is 5.89. The first-order valence-corrected chi connectivity index (χ1v) is 6.97. The number of ether oxygens (including phenoxy) is 2. The smallest absolute Gasteiger partial charge is 0.338 e. The lowest BCUT2D eigenvalue weighted by Crippen LogP contribution is -2.11. The van der Waals surface area contributed by atoms with Gasteiger partial charge >= 0.3 is 5.97 Å². The molecular weight excluding hydrogens is 292 g/mol. The van der Waals surface area contributed by atoms with Crippen LogP contribution in [0.5, 0.6) is 11.5 Å². The van der Waals surface area contributed by atoms with Crippen LogP contribution in [0, 0.1) is 22.7 Å². The van der Waals surface area contributed by atoms with Gasteiger partial charge in [-0.1, -0.05) is 6.07 Å². The highest BCUT2D eigenvalue weighted by atomic mass is 16.5. The first kappa shape index (κ1) is 16.1. The number of nitrogens with zero attached hydrogens (tertiary/aromatic N) is 2. The van der Waals surface area contributed by atoms with E-state index in [1.165, 1.54) is 0 Å². The van der Waals surface area contributed by atoms with Crippen LogP contribution in [0.25, 0.3) is 0 Å². The van der Waals surface area contributed by atoms with Gasteiger partial charge in [-0.15, -0.1) is 0 Å². The average molecular weight is 306 g/mol. The molecule has 23 heavy (non-hydrogen) atoms. The van der Waals surface area contributed by atoms with E-state index in [0.29, 0.717) is 11.3 Å². The Bertz CT molecular complexity index is 764. The van der Waals surface area contributed by atoms with Gasteiger partial charge in [-0.3, -0.25) is 0 Å². The van der Waals surface area contributed by atoms with E-state index in [-0.39, 0.29) is 23.0 Å². The van der Waals surface area contributed by atoms with E-state index in [4.69, 9.17) is 20.0 Å². The summed E-state index contributed by atoms with van der Waals surface area (Å²) in [6, 6.07) is 15.1. The summed E-state index contributed by atoms with van der Waals surface area (Å²) in [4.78, 5) is 11.8. The van der Waals surface area contributed by atoms with Crippen molar-refractivity contribution in [2.24, 2.45) is 0 Å². The van der Waals surface area contributed by atoms with Crippen LogP contribution in [0.2, 0.25) is 0 Å². The summed E-state index contributed by atoms with van der Waals surface area (Å²) < 4.78 is 10.7. The summed E-state index contributed by atoms with van der Waals surface area (Å²) >= 11 is 0. The van der Waals surface area contributed by atoms with Crippen LogP contribution in [-0.4, -0.2) is 12.1 Å². The Morgan fingerprint density at radius 1 is 1.00 bits per heavy atom. The second-order valence-corrected chi connectivity index (χ2v) is 4.99. The van der Waals surface area contributed by atoms with Crippen LogP contribution in [0.15, 0.2) is 42.5 Å². The number of hydrogen-bond acceptors (Lipinski definition) is 5. The Kier molecular flexibility index (Phi) is 4.96. The normalized spacial score (nSPS) is 9.78. The van der Waals surface area contributed by atoms with Crippen LogP contribution in [0.1, 0.15) is 35.3 Å². The lowest BCUT2D eigenvalue weighted by atomic mass is 10.1. The zero-order chi connectivity index (χ0) is 16.8. The topological polar surface area (TPSA) is 83.1 Å². The fraction of sp³-hybridized carbons (Fsp3) is 0.167. The molecule has 0 spiro atoms. The maximum absolute atomic E-state index is 11.8. The van der Waals surface area contributed by atoms with Gasteiger partial charge in [0, 0.05) is 0 Å². The highest BCUT2D eigenvalue weighted by Gasteiger charge is 2.12. The van der Waals surface area contributed by atoms with E-state index in [2.05, 4.69) is 0 Å². The summed E-state index contributed by atoms with van der Waals surface area (Å²) in [6.45, 7) is 3.55. The minimum Gasteiger partial charge on any atom is -0.459 e. The van der Waals surface area contributed by atoms with Crippen molar-refractivity contribution in [2.45, 2.75) is 20.0 Å². The molecule has 0 saturated heterocycles. The van der Waals surface area contributed by atoms with Crippen LogP contribution < -0.4 is 4.74 Å². The number of benzene rings is 2. The van der Waals surface area contributed by atoms with Crippen LogP contribution in [-0.2, 0) is 4.74 Å². The molecule has 0 fully saturated rings. The molecule has 0 aliphatic rings. The molecule has 0 unspecified atom stereocenters. The summed E-state index contributed by atoms with van der Waals surface area (Å²) in [7, 11) is 0. The molecule has 5 nitrogen and oxygen atoms in total. The second-order valence-electron chi connectivity index (χ2n) is 4.99. The van der Waals surface area contributed by atoms with Gasteiger partial charge in [0.2, 0.25) is 0 Å². The number of carbonyl (C=O) groups is 1. The van der Waals surface area contributed by atoms with Crippen molar-refractivity contribution < 1.29 is 14.3 Å². The van der Waals surface area contributed by atoms with Crippen LogP contribution in [0.3, 0.4) is 0 Å². The zero-order valence-corrected chi connectivity index (χ0v) is 12.7. The van der Waals surface area contributed by atoms with E-state index in [0.717, 1.165) is 0 Å². The molecule has 0 aromatic heterocycles. The monoisotopic (exact) mass is 306 g/mol. The summed E-state index contributed by atoms with van der Waals surface area (Å²) in [5.74, 6) is 0.210. The second kappa shape index (κ2) is 7.11. The van der Waals surface area contributed by atoms with E-state index in [1.807, 2.05) is 12.1 Å². The molecular formula is C18H14N2O3. The van der Waals surface area contributed by atoms with Gasteiger partial charge in [0.25, 0.3) is 0 Å². The third-order valence-electron chi connectivity index (χ3n) is 2.91. The van der Waals surface area contributed by atoms with Crippen LogP contribution in [0.4, 0.5) is 0 Å². The maximum Gasteiger partial charge on any atom is 0.338 e. The number of esters is 1. The van der Waals surface area contributed by atoms with Crippen molar-refractivity contribution in [1.82, 2.24) is 0 Å². The summed E-state index contributed by atoms with van der Waals surface area (Å²) in [5.41, 5.74) is 0.944. The molecule has 114 valence electrons. The highest BCUT2D eigenvalue weighted by Crippen LogP contribution is 2.29. The van der Waals surface area contributed by atoms with Crippen molar-refractivity contribution >= 4 is 5.97 Å². The van der Waals surface area contributed by atoms with Crippen molar-refractivity contribution in [2.75, 3.05) is 0 Å². The van der Waals surface area contributed by atoms with Gasteiger partial charge in [0.1, 0.15) is 17.9 Å². The lowest BCUT2D eigenvalue weighted by molar-refractivity contribution is 0.0378. The Morgan fingerprint density at radius 3 is 2.04 bits per heavy atom. The van der Waals surface area contributed by atoms with Crippen molar-refractivity contribution in [3.05, 3.63) is 59.2 Å². The summed E-state index contributed by atoms with van der Waals surface area (Å²) in [6.07, 6.45) is -0.195. The first-order valence-electron chi connectivity index (χ1n) is 6.97. The fourth-order valence-electron chi connectivity index (χ4n) is 1.88. The molecule has 0 heterocycles. The van der Waals surface area contributed by atoms with Gasteiger partial charge in [-0.05, 0) is 50.2 Å². The van der Waals surface area contributed by atoms with Crippen molar-refractivity contribution in [1.29, 1.82) is 10.5 Å². The fourth-order valence-corrected chi connectivity index (χ4v) is 1.88. The summed E-state index contributed by atoms with van der Waals surface area (Å²) in [5, 5.41) is 18.2.